The van der Waals surface area contributed by atoms with Gasteiger partial charge in [0.2, 0.25) is 0 Å². The van der Waals surface area contributed by atoms with Crippen LogP contribution in [0.2, 0.25) is 0 Å². The normalized spacial score (nSPS) is 11.4. The van der Waals surface area contributed by atoms with E-state index in [9.17, 15) is 4.79 Å². The zero-order valence-corrected chi connectivity index (χ0v) is 10.4. The second-order valence-electron chi connectivity index (χ2n) is 4.96. The molecule has 0 unspecified atom stereocenters. The van der Waals surface area contributed by atoms with Gasteiger partial charge in [-0.05, 0) is 30.4 Å². The fourth-order valence-electron chi connectivity index (χ4n) is 1.66. The molecule has 15 heavy (non-hydrogen) atoms. The molecule has 0 amide bonds. The maximum Gasteiger partial charge on any atom is 0.253 e. The van der Waals surface area contributed by atoms with Crippen LogP contribution in [0.25, 0.3) is 0 Å². The summed E-state index contributed by atoms with van der Waals surface area (Å²) in [7, 11) is 0. The first-order valence-corrected chi connectivity index (χ1v) is 5.62. The number of rotatable bonds is 3. The van der Waals surface area contributed by atoms with Crippen molar-refractivity contribution in [1.29, 1.82) is 0 Å². The van der Waals surface area contributed by atoms with Crippen molar-refractivity contribution >= 4 is 0 Å². The number of hydrogen-bond acceptors (Lipinski definition) is 1. The first-order chi connectivity index (χ1) is 6.91. The summed E-state index contributed by atoms with van der Waals surface area (Å²) < 4.78 is 1.84. The van der Waals surface area contributed by atoms with E-state index in [1.54, 1.807) is 0 Å². The van der Waals surface area contributed by atoms with Crippen LogP contribution in [0.15, 0.2) is 17.1 Å². The highest BCUT2D eigenvalue weighted by molar-refractivity contribution is 5.20. The third-order valence-electron chi connectivity index (χ3n) is 2.51. The third-order valence-corrected chi connectivity index (χ3v) is 2.51. The molecule has 0 aliphatic heterocycles. The van der Waals surface area contributed by atoms with Gasteiger partial charge < -0.3 is 4.57 Å². The molecule has 0 N–H and O–H groups in total. The molecule has 84 valence electrons. The molecule has 1 aromatic heterocycles. The Morgan fingerprint density at radius 3 is 2.33 bits per heavy atom. The summed E-state index contributed by atoms with van der Waals surface area (Å²) in [6, 6.07) is 2.00. The third kappa shape index (κ3) is 2.95. The molecular formula is C13H21NO. The van der Waals surface area contributed by atoms with Gasteiger partial charge in [0, 0.05) is 18.3 Å². The fraction of sp³-hybridized carbons (Fsp3) is 0.615. The predicted molar refractivity (Wildman–Crippen MR) is 64.4 cm³/mol. The average Bonchev–Trinajstić information content (AvgIpc) is 2.11. The van der Waals surface area contributed by atoms with Crippen LogP contribution < -0.4 is 5.56 Å². The van der Waals surface area contributed by atoms with Crippen molar-refractivity contribution in [3.05, 3.63) is 33.7 Å². The van der Waals surface area contributed by atoms with Crippen LogP contribution in [-0.4, -0.2) is 4.57 Å². The molecule has 1 rings (SSSR count). The maximum absolute atomic E-state index is 11.8. The van der Waals surface area contributed by atoms with Gasteiger partial charge in [0.15, 0.2) is 0 Å². The van der Waals surface area contributed by atoms with Crippen molar-refractivity contribution in [2.75, 3.05) is 0 Å². The lowest BCUT2D eigenvalue weighted by atomic mass is 10.0. The van der Waals surface area contributed by atoms with Gasteiger partial charge in [-0.15, -0.1) is 0 Å². The Morgan fingerprint density at radius 2 is 1.87 bits per heavy atom. The van der Waals surface area contributed by atoms with Gasteiger partial charge in [0.05, 0.1) is 0 Å². The minimum atomic E-state index is 0.146. The molecule has 0 aliphatic carbocycles. The zero-order chi connectivity index (χ0) is 11.6. The minimum absolute atomic E-state index is 0.146. The fourth-order valence-corrected chi connectivity index (χ4v) is 1.66. The molecule has 0 fully saturated rings. The Bertz CT molecular complexity index is 388. The van der Waals surface area contributed by atoms with Gasteiger partial charge in [0.25, 0.3) is 5.56 Å². The minimum Gasteiger partial charge on any atom is -0.315 e. The molecule has 0 aliphatic rings. The first-order valence-electron chi connectivity index (χ1n) is 5.62. The van der Waals surface area contributed by atoms with E-state index in [2.05, 4.69) is 27.7 Å². The Kier molecular flexibility index (Phi) is 3.72. The van der Waals surface area contributed by atoms with Crippen LogP contribution in [0.3, 0.4) is 0 Å². The molecule has 0 saturated carbocycles. The standard InChI is InChI=1S/C13H21NO/c1-9(2)7-14-8-12(10(3)4)6-11(5)13(14)15/h6,8-10H,7H2,1-5H3. The van der Waals surface area contributed by atoms with Gasteiger partial charge in [-0.2, -0.15) is 0 Å². The lowest BCUT2D eigenvalue weighted by Gasteiger charge is -2.13. The van der Waals surface area contributed by atoms with Crippen LogP contribution in [0.5, 0.6) is 0 Å². The SMILES string of the molecule is Cc1cc(C(C)C)cn(CC(C)C)c1=O. The summed E-state index contributed by atoms with van der Waals surface area (Å²) in [5.74, 6) is 0.979. The molecule has 0 radical (unpaired) electrons. The lowest BCUT2D eigenvalue weighted by Crippen LogP contribution is -2.24. The van der Waals surface area contributed by atoms with Crippen molar-refractivity contribution < 1.29 is 0 Å². The molecule has 2 heteroatoms. The van der Waals surface area contributed by atoms with E-state index < -0.39 is 0 Å². The van der Waals surface area contributed by atoms with E-state index in [4.69, 9.17) is 0 Å². The van der Waals surface area contributed by atoms with Crippen molar-refractivity contribution in [3.8, 4) is 0 Å². The Morgan fingerprint density at radius 1 is 1.27 bits per heavy atom. The molecule has 1 aromatic rings. The Hall–Kier alpha value is -1.05. The maximum atomic E-state index is 11.8. The number of pyridine rings is 1. The van der Waals surface area contributed by atoms with E-state index in [1.165, 1.54) is 5.56 Å². The molecule has 0 bridgehead atoms. The van der Waals surface area contributed by atoms with Gasteiger partial charge in [-0.3, -0.25) is 4.79 Å². The summed E-state index contributed by atoms with van der Waals surface area (Å²) in [6.07, 6.45) is 2.00. The number of aromatic nitrogens is 1. The number of hydrogen-bond donors (Lipinski definition) is 0. The highest BCUT2D eigenvalue weighted by atomic mass is 16.1. The van der Waals surface area contributed by atoms with E-state index >= 15 is 0 Å². The highest BCUT2D eigenvalue weighted by Crippen LogP contribution is 2.13. The van der Waals surface area contributed by atoms with Crippen molar-refractivity contribution in [2.24, 2.45) is 5.92 Å². The monoisotopic (exact) mass is 207 g/mol. The van der Waals surface area contributed by atoms with Crippen LogP contribution in [-0.2, 0) is 6.54 Å². The van der Waals surface area contributed by atoms with Crippen LogP contribution in [0.1, 0.15) is 44.7 Å². The largest absolute Gasteiger partial charge is 0.315 e. The van der Waals surface area contributed by atoms with E-state index in [0.717, 1.165) is 12.1 Å². The van der Waals surface area contributed by atoms with Crippen molar-refractivity contribution in [2.45, 2.75) is 47.1 Å². The van der Waals surface area contributed by atoms with Gasteiger partial charge in [-0.25, -0.2) is 0 Å². The summed E-state index contributed by atoms with van der Waals surface area (Å²) in [5, 5.41) is 0. The molecule has 0 aromatic carbocycles. The topological polar surface area (TPSA) is 22.0 Å². The van der Waals surface area contributed by atoms with E-state index in [0.29, 0.717) is 11.8 Å². The van der Waals surface area contributed by atoms with Gasteiger partial charge in [-0.1, -0.05) is 27.7 Å². The molecule has 0 atom stereocenters. The predicted octanol–water partition coefficient (Wildman–Crippen LogP) is 2.94. The molecule has 1 heterocycles. The summed E-state index contributed by atoms with van der Waals surface area (Å²) >= 11 is 0. The zero-order valence-electron chi connectivity index (χ0n) is 10.4. The van der Waals surface area contributed by atoms with Crippen molar-refractivity contribution in [3.63, 3.8) is 0 Å². The van der Waals surface area contributed by atoms with Crippen LogP contribution >= 0.6 is 0 Å². The molecular weight excluding hydrogens is 186 g/mol. The second kappa shape index (κ2) is 4.65. The average molecular weight is 207 g/mol. The smallest absolute Gasteiger partial charge is 0.253 e. The van der Waals surface area contributed by atoms with E-state index in [-0.39, 0.29) is 5.56 Å². The van der Waals surface area contributed by atoms with Gasteiger partial charge >= 0.3 is 0 Å². The summed E-state index contributed by atoms with van der Waals surface area (Å²) in [5.41, 5.74) is 2.24. The second-order valence-corrected chi connectivity index (χ2v) is 4.96. The van der Waals surface area contributed by atoms with Crippen LogP contribution in [0.4, 0.5) is 0 Å². The van der Waals surface area contributed by atoms with E-state index in [1.807, 2.05) is 23.8 Å². The first kappa shape index (κ1) is 12.0. The summed E-state index contributed by atoms with van der Waals surface area (Å²) in [6.45, 7) is 11.3. The Balaban J connectivity index is 3.19. The molecule has 2 nitrogen and oxygen atoms in total. The lowest BCUT2D eigenvalue weighted by molar-refractivity contribution is 0.506. The molecule has 0 saturated heterocycles. The quantitative estimate of drug-likeness (QED) is 0.747. The molecule has 0 spiro atoms. The van der Waals surface area contributed by atoms with Gasteiger partial charge in [0.1, 0.15) is 0 Å². The number of nitrogens with zero attached hydrogens (tertiary/aromatic N) is 1. The van der Waals surface area contributed by atoms with Crippen molar-refractivity contribution in [1.82, 2.24) is 4.57 Å². The number of aryl methyl sites for hydroxylation is 1. The Labute approximate surface area is 91.9 Å². The van der Waals surface area contributed by atoms with Crippen LogP contribution in [0, 0.1) is 12.8 Å². The summed E-state index contributed by atoms with van der Waals surface area (Å²) in [4.78, 5) is 11.8. The highest BCUT2D eigenvalue weighted by Gasteiger charge is 2.07.